The standard InChI is InChI=1S/C8H6N.2CH3.Md/c1-2-4-8-7(3-1)5-6-9-8;;;/h1-5,9H;2*1H3;/q3*-1;. The van der Waals surface area contributed by atoms with Crippen LogP contribution in [0.1, 0.15) is 0 Å². The smallest absolute Gasteiger partial charge is 0 e. The molecule has 1 aromatic heterocycles. The average molecular weight is 404 g/mol. The van der Waals surface area contributed by atoms with Gasteiger partial charge < -0.3 is 19.8 Å². The van der Waals surface area contributed by atoms with Gasteiger partial charge in [0.25, 0.3) is 0 Å². The van der Waals surface area contributed by atoms with Gasteiger partial charge in [-0.15, -0.1) is 23.8 Å². The Bertz CT molecular complexity index is 284. The molecule has 0 aliphatic rings. The van der Waals surface area contributed by atoms with Gasteiger partial charge in [0.1, 0.15) is 0 Å². The Morgan fingerprint density at radius 2 is 1.75 bits per heavy atom. The van der Waals surface area contributed by atoms with Gasteiger partial charge in [0.05, 0.1) is 0 Å². The van der Waals surface area contributed by atoms with Crippen molar-refractivity contribution in [1.29, 1.82) is 0 Å². The molecule has 1 aromatic carbocycles. The molecule has 1 heterocycles. The Morgan fingerprint density at radius 3 is 2.42 bits per heavy atom. The summed E-state index contributed by atoms with van der Waals surface area (Å²) in [5, 5.41) is 1.22. The van der Waals surface area contributed by atoms with E-state index in [2.05, 4.69) is 17.2 Å². The molecule has 0 aliphatic carbocycles. The molecule has 73 valence electrons. The molecule has 0 fully saturated rings. The maximum atomic E-state index is 2.99. The molecule has 0 unspecified atom stereocenters. The van der Waals surface area contributed by atoms with Crippen molar-refractivity contribution in [2.75, 3.05) is 0 Å². The van der Waals surface area contributed by atoms with Crippen LogP contribution in [-0.2, 0) is 0 Å². The topological polar surface area (TPSA) is 15.8 Å². The first kappa shape index (κ1) is 12.4. The number of rotatable bonds is 0. The second kappa shape index (κ2) is 4.56. The van der Waals surface area contributed by atoms with Crippen LogP contribution in [0.4, 0.5) is 0 Å². The Morgan fingerprint density at radius 1 is 1.08 bits per heavy atom. The van der Waals surface area contributed by atoms with Crippen LogP contribution in [0.15, 0.2) is 30.3 Å². The first-order valence-electron chi connectivity index (χ1n) is 2.90. The number of aromatic nitrogens is 1. The summed E-state index contributed by atoms with van der Waals surface area (Å²) in [6, 6.07) is 10.1. The number of aromatic amines is 1. The summed E-state index contributed by atoms with van der Waals surface area (Å²) in [4.78, 5) is 2.99. The SMILES string of the molecule is [CH3-].[CH3-].[Md].[c-]1cc2ccccc2[nH]1. The van der Waals surface area contributed by atoms with Gasteiger partial charge in [-0.1, -0.05) is 12.1 Å². The first-order chi connectivity index (χ1) is 4.47. The van der Waals surface area contributed by atoms with Crippen molar-refractivity contribution >= 4 is 10.9 Å². The van der Waals surface area contributed by atoms with Crippen molar-refractivity contribution in [2.24, 2.45) is 0 Å². The molecular formula is C10H12MdN-3. The van der Waals surface area contributed by atoms with Gasteiger partial charge >= 0.3 is 0 Å². The first-order valence-corrected chi connectivity index (χ1v) is 2.90. The molecule has 0 bridgehead atoms. The molecule has 2 rings (SSSR count). The molecule has 2 aromatic rings. The fraction of sp³-hybridized carbons (Fsp3) is 0. The van der Waals surface area contributed by atoms with E-state index in [1.807, 2.05) is 24.3 Å². The average Bonchev–Trinajstić information content (AvgIpc) is 2.33. The van der Waals surface area contributed by atoms with Gasteiger partial charge in [-0.3, -0.25) is 0 Å². The van der Waals surface area contributed by atoms with E-state index < -0.39 is 0 Å². The molecule has 0 spiro atoms. The van der Waals surface area contributed by atoms with Gasteiger partial charge in [0, 0.05) is 0 Å². The number of nitrogens with one attached hydrogen (secondary N) is 1. The number of fused-ring (bicyclic) bond motifs is 1. The maximum absolute atomic E-state index is 2.99. The summed E-state index contributed by atoms with van der Waals surface area (Å²) in [6.07, 6.45) is 2.91. The summed E-state index contributed by atoms with van der Waals surface area (Å²) in [6.45, 7) is 0. The minimum atomic E-state index is 0. The third-order valence-corrected chi connectivity index (χ3v) is 1.40. The zero-order chi connectivity index (χ0) is 6.10. The van der Waals surface area contributed by atoms with Crippen molar-refractivity contribution in [3.63, 3.8) is 0 Å². The minimum Gasteiger partial charge on any atom is -0.477 e. The Labute approximate surface area is 68.1 Å². The largest absolute Gasteiger partial charge is 0.477 e. The van der Waals surface area contributed by atoms with Crippen molar-refractivity contribution < 1.29 is 0 Å². The second-order valence-electron chi connectivity index (χ2n) is 2.00. The van der Waals surface area contributed by atoms with Crippen LogP contribution in [0.3, 0.4) is 0 Å². The number of benzene rings is 1. The quantitative estimate of drug-likeness (QED) is 0.651. The Hall–Kier alpha value is -2.24. The van der Waals surface area contributed by atoms with E-state index in [1.165, 1.54) is 5.39 Å². The maximum Gasteiger partial charge on any atom is 0 e. The summed E-state index contributed by atoms with van der Waals surface area (Å²) in [5.74, 6) is 0. The Kier molecular flexibility index (Phi) is 4.72. The van der Waals surface area contributed by atoms with Gasteiger partial charge in [0.15, 0.2) is 0 Å². The summed E-state index contributed by atoms with van der Waals surface area (Å²) < 4.78 is 0. The van der Waals surface area contributed by atoms with Gasteiger partial charge in [-0.25, -0.2) is 0 Å². The van der Waals surface area contributed by atoms with Crippen LogP contribution in [-0.4, -0.2) is 4.98 Å². The molecule has 12 heavy (non-hydrogen) atoms. The molecule has 1 radical (unpaired) electrons. The number of H-pyrrole nitrogens is 1. The van der Waals surface area contributed by atoms with E-state index in [9.17, 15) is 0 Å². The fourth-order valence-corrected chi connectivity index (χ4v) is 0.928. The van der Waals surface area contributed by atoms with Gasteiger partial charge in [-0.05, 0) is 0 Å². The van der Waals surface area contributed by atoms with Crippen LogP contribution in [0.25, 0.3) is 10.9 Å². The van der Waals surface area contributed by atoms with Crippen LogP contribution in [0.2, 0.25) is 0 Å². The van der Waals surface area contributed by atoms with Crippen molar-refractivity contribution in [3.8, 4) is 0 Å². The van der Waals surface area contributed by atoms with E-state index in [-0.39, 0.29) is 14.9 Å². The van der Waals surface area contributed by atoms with E-state index >= 15 is 0 Å². The normalized spacial score (nSPS) is 7.67. The summed E-state index contributed by atoms with van der Waals surface area (Å²) >= 11 is 0. The number of para-hydroxylation sites is 1. The molecule has 0 aliphatic heterocycles. The van der Waals surface area contributed by atoms with Crippen molar-refractivity contribution in [2.45, 2.75) is 0 Å². The number of hydrogen-bond donors (Lipinski definition) is 1. The molecule has 0 amide bonds. The molecule has 0 atom stereocenters. The van der Waals surface area contributed by atoms with E-state index in [4.69, 9.17) is 0 Å². The minimum absolute atomic E-state index is 0. The third kappa shape index (κ3) is 1.63. The van der Waals surface area contributed by atoms with E-state index in [0.717, 1.165) is 5.52 Å². The zero-order valence-electron chi connectivity index (χ0n) is 7.16. The van der Waals surface area contributed by atoms with Gasteiger partial charge in [-0.2, -0.15) is 11.5 Å². The van der Waals surface area contributed by atoms with Crippen molar-refractivity contribution in [1.82, 2.24) is 4.98 Å². The third-order valence-electron chi connectivity index (χ3n) is 1.40. The van der Waals surface area contributed by atoms with Crippen LogP contribution < -0.4 is 0 Å². The van der Waals surface area contributed by atoms with Crippen LogP contribution in [0.5, 0.6) is 0 Å². The van der Waals surface area contributed by atoms with E-state index in [1.54, 1.807) is 0 Å². The van der Waals surface area contributed by atoms with Crippen LogP contribution in [0, 0.1) is 21.1 Å². The predicted octanol–water partition coefficient (Wildman–Crippen LogP) is 2.87. The second-order valence-corrected chi connectivity index (χ2v) is 2.00. The molecule has 0 saturated carbocycles. The Balaban J connectivity index is 0. The van der Waals surface area contributed by atoms with Gasteiger partial charge in [0.2, 0.25) is 0 Å². The molecular weight excluding hydrogens is 392 g/mol. The van der Waals surface area contributed by atoms with Crippen molar-refractivity contribution in [3.05, 3.63) is 51.4 Å². The number of hydrogen-bond acceptors (Lipinski definition) is 0. The molecule has 1 nitrogen and oxygen atoms in total. The zero-order valence-corrected chi connectivity index (χ0v) is 9.47. The molecule has 2 heteroatoms. The van der Waals surface area contributed by atoms with Crippen LogP contribution >= 0.6 is 0 Å². The monoisotopic (exact) mass is 404 g/mol. The summed E-state index contributed by atoms with van der Waals surface area (Å²) in [5.41, 5.74) is 1.15. The predicted molar refractivity (Wildman–Crippen MR) is 50.0 cm³/mol. The molecule has 1 N–H and O–H groups in total. The van der Waals surface area contributed by atoms with E-state index in [0.29, 0.717) is 0 Å². The fourth-order valence-electron chi connectivity index (χ4n) is 0.928. The summed E-state index contributed by atoms with van der Waals surface area (Å²) in [7, 11) is 0. The molecule has 0 saturated heterocycles.